The van der Waals surface area contributed by atoms with Gasteiger partial charge in [0.25, 0.3) is 6.43 Å². The highest BCUT2D eigenvalue weighted by Crippen LogP contribution is 2.29. The van der Waals surface area contributed by atoms with Crippen LogP contribution in [0.3, 0.4) is 0 Å². The topological polar surface area (TPSA) is 50.3 Å². The third-order valence-corrected chi connectivity index (χ3v) is 5.35. The summed E-state index contributed by atoms with van der Waals surface area (Å²) in [6.07, 6.45) is -0.334. The lowest BCUT2D eigenvalue weighted by atomic mass is 10.2. The van der Waals surface area contributed by atoms with Crippen molar-refractivity contribution in [2.24, 2.45) is 0 Å². The number of halogens is 2. The van der Waals surface area contributed by atoms with Crippen LogP contribution in [0.1, 0.15) is 23.2 Å². The van der Waals surface area contributed by atoms with Crippen molar-refractivity contribution in [3.63, 3.8) is 0 Å². The minimum Gasteiger partial charge on any atom is -0.268 e. The number of fused-ring (bicyclic) bond motifs is 1. The number of hydrogen-bond donors (Lipinski definition) is 0. The Balaban J connectivity index is 1.83. The number of anilines is 1. The van der Waals surface area contributed by atoms with Crippen LogP contribution < -0.4 is 4.31 Å². The number of pyridine rings is 1. The quantitative estimate of drug-likeness (QED) is 0.869. The van der Waals surface area contributed by atoms with Crippen LogP contribution in [0.4, 0.5) is 14.5 Å². The molecule has 2 aromatic rings. The molecule has 1 aromatic heterocycles. The maximum atomic E-state index is 12.5. The number of nitrogens with zero attached hydrogens (tertiary/aromatic N) is 2. The van der Waals surface area contributed by atoms with E-state index in [0.29, 0.717) is 24.2 Å². The van der Waals surface area contributed by atoms with E-state index in [4.69, 9.17) is 0 Å². The van der Waals surface area contributed by atoms with Crippen LogP contribution in [0.25, 0.3) is 0 Å². The van der Waals surface area contributed by atoms with Crippen molar-refractivity contribution in [2.75, 3.05) is 10.8 Å². The summed E-state index contributed by atoms with van der Waals surface area (Å²) < 4.78 is 51.4. The SMILES string of the molecule is O=S(=O)(Cc1ccc(C(F)F)cc1)N1CCc2ncccc21. The van der Waals surface area contributed by atoms with Gasteiger partial charge >= 0.3 is 0 Å². The molecule has 0 amide bonds. The van der Waals surface area contributed by atoms with Crippen molar-refractivity contribution in [3.8, 4) is 0 Å². The molecule has 0 unspecified atom stereocenters. The van der Waals surface area contributed by atoms with E-state index in [1.165, 1.54) is 28.6 Å². The zero-order valence-corrected chi connectivity index (χ0v) is 12.4. The summed E-state index contributed by atoms with van der Waals surface area (Å²) in [6, 6.07) is 8.80. The van der Waals surface area contributed by atoms with Crippen LogP contribution in [0, 0.1) is 0 Å². The summed E-state index contributed by atoms with van der Waals surface area (Å²) in [6.45, 7) is 0.365. The monoisotopic (exact) mass is 324 g/mol. The Labute approximate surface area is 127 Å². The van der Waals surface area contributed by atoms with Gasteiger partial charge < -0.3 is 0 Å². The first-order valence-electron chi connectivity index (χ1n) is 6.79. The van der Waals surface area contributed by atoms with Crippen LogP contribution in [0.5, 0.6) is 0 Å². The molecule has 0 spiro atoms. The summed E-state index contributed by atoms with van der Waals surface area (Å²) in [4.78, 5) is 4.17. The molecule has 7 heteroatoms. The fraction of sp³-hybridized carbons (Fsp3) is 0.267. The van der Waals surface area contributed by atoms with Crippen LogP contribution in [-0.2, 0) is 22.2 Å². The maximum Gasteiger partial charge on any atom is 0.263 e. The molecule has 0 N–H and O–H groups in total. The van der Waals surface area contributed by atoms with Crippen molar-refractivity contribution in [3.05, 3.63) is 59.4 Å². The largest absolute Gasteiger partial charge is 0.268 e. The molecular weight excluding hydrogens is 310 g/mol. The molecule has 2 heterocycles. The van der Waals surface area contributed by atoms with E-state index in [1.807, 2.05) is 0 Å². The van der Waals surface area contributed by atoms with Crippen LogP contribution >= 0.6 is 0 Å². The van der Waals surface area contributed by atoms with Gasteiger partial charge in [-0.1, -0.05) is 24.3 Å². The number of aromatic nitrogens is 1. The van der Waals surface area contributed by atoms with Crippen LogP contribution in [-0.4, -0.2) is 19.9 Å². The lowest BCUT2D eigenvalue weighted by molar-refractivity contribution is 0.151. The van der Waals surface area contributed by atoms with Gasteiger partial charge in [0.1, 0.15) is 0 Å². The highest BCUT2D eigenvalue weighted by Gasteiger charge is 2.30. The molecule has 1 aromatic carbocycles. The minimum atomic E-state index is -3.55. The molecule has 0 aliphatic carbocycles. The fourth-order valence-corrected chi connectivity index (χ4v) is 4.12. The molecule has 4 nitrogen and oxygen atoms in total. The van der Waals surface area contributed by atoms with Gasteiger partial charge in [0.15, 0.2) is 0 Å². The summed E-state index contributed by atoms with van der Waals surface area (Å²) in [5.41, 5.74) is 1.74. The lowest BCUT2D eigenvalue weighted by Gasteiger charge is -2.19. The summed E-state index contributed by atoms with van der Waals surface area (Å²) >= 11 is 0. The zero-order valence-electron chi connectivity index (χ0n) is 11.6. The van der Waals surface area contributed by atoms with Crippen molar-refractivity contribution in [1.29, 1.82) is 0 Å². The van der Waals surface area contributed by atoms with Gasteiger partial charge in [0.2, 0.25) is 10.0 Å². The van der Waals surface area contributed by atoms with Gasteiger partial charge in [0.05, 0.1) is 17.1 Å². The van der Waals surface area contributed by atoms with Gasteiger partial charge in [-0.05, 0) is 17.7 Å². The van der Waals surface area contributed by atoms with Crippen molar-refractivity contribution in [1.82, 2.24) is 4.98 Å². The average molecular weight is 324 g/mol. The summed E-state index contributed by atoms with van der Waals surface area (Å²) in [7, 11) is -3.55. The molecule has 0 bridgehead atoms. The van der Waals surface area contributed by atoms with Gasteiger partial charge in [-0.2, -0.15) is 0 Å². The first-order chi connectivity index (χ1) is 10.5. The summed E-state index contributed by atoms with van der Waals surface area (Å²) in [5.74, 6) is -0.217. The maximum absolute atomic E-state index is 12.5. The van der Waals surface area contributed by atoms with E-state index < -0.39 is 16.4 Å². The second kappa shape index (κ2) is 5.64. The molecule has 22 heavy (non-hydrogen) atoms. The smallest absolute Gasteiger partial charge is 0.263 e. The van der Waals surface area contributed by atoms with E-state index in [0.717, 1.165) is 5.69 Å². The van der Waals surface area contributed by atoms with E-state index in [9.17, 15) is 17.2 Å². The molecule has 3 rings (SSSR count). The highest BCUT2D eigenvalue weighted by molar-refractivity contribution is 7.92. The number of rotatable bonds is 4. The normalized spacial score (nSPS) is 14.4. The minimum absolute atomic E-state index is 0.114. The number of hydrogen-bond acceptors (Lipinski definition) is 3. The predicted molar refractivity (Wildman–Crippen MR) is 79.3 cm³/mol. The van der Waals surface area contributed by atoms with Crippen LogP contribution in [0.15, 0.2) is 42.6 Å². The van der Waals surface area contributed by atoms with Crippen molar-refractivity contribution < 1.29 is 17.2 Å². The molecule has 116 valence electrons. The van der Waals surface area contributed by atoms with Gasteiger partial charge in [0, 0.05) is 24.7 Å². The lowest BCUT2D eigenvalue weighted by Crippen LogP contribution is -2.30. The number of benzene rings is 1. The van der Waals surface area contributed by atoms with Crippen molar-refractivity contribution in [2.45, 2.75) is 18.6 Å². The Bertz CT molecular complexity index is 776. The Hall–Kier alpha value is -2.02. The zero-order chi connectivity index (χ0) is 15.7. The highest BCUT2D eigenvalue weighted by atomic mass is 32.2. The molecule has 0 atom stereocenters. The van der Waals surface area contributed by atoms with Gasteiger partial charge in [-0.15, -0.1) is 0 Å². The Morgan fingerprint density at radius 3 is 2.59 bits per heavy atom. The molecular formula is C15H14F2N2O2S. The Morgan fingerprint density at radius 2 is 1.91 bits per heavy atom. The first-order valence-corrected chi connectivity index (χ1v) is 8.39. The van der Waals surface area contributed by atoms with E-state index in [1.54, 1.807) is 18.3 Å². The molecule has 0 radical (unpaired) electrons. The predicted octanol–water partition coefficient (Wildman–Crippen LogP) is 2.91. The third kappa shape index (κ3) is 2.81. The number of sulfonamides is 1. The van der Waals surface area contributed by atoms with E-state index in [-0.39, 0.29) is 11.3 Å². The molecule has 0 saturated carbocycles. The molecule has 0 saturated heterocycles. The molecule has 1 aliphatic heterocycles. The Kier molecular flexibility index (Phi) is 3.82. The average Bonchev–Trinajstić information content (AvgIpc) is 2.92. The first kappa shape index (κ1) is 14.9. The van der Waals surface area contributed by atoms with E-state index >= 15 is 0 Å². The van der Waals surface area contributed by atoms with Crippen LogP contribution in [0.2, 0.25) is 0 Å². The second-order valence-corrected chi connectivity index (χ2v) is 6.98. The second-order valence-electron chi connectivity index (χ2n) is 5.09. The van der Waals surface area contributed by atoms with Crippen molar-refractivity contribution >= 4 is 15.7 Å². The number of alkyl halides is 2. The van der Waals surface area contributed by atoms with E-state index in [2.05, 4.69) is 4.98 Å². The summed E-state index contributed by atoms with van der Waals surface area (Å²) in [5, 5.41) is 0. The van der Waals surface area contributed by atoms with Gasteiger partial charge in [-0.25, -0.2) is 17.2 Å². The molecule has 0 fully saturated rings. The standard InChI is InChI=1S/C15H14F2N2O2S/c16-15(17)12-5-3-11(4-6-12)10-22(20,21)19-9-7-13-14(19)2-1-8-18-13/h1-6,8,15H,7,9-10H2. The fourth-order valence-electron chi connectivity index (χ4n) is 2.51. The third-order valence-electron chi connectivity index (χ3n) is 3.60. The Morgan fingerprint density at radius 1 is 1.18 bits per heavy atom. The van der Waals surface area contributed by atoms with Gasteiger partial charge in [-0.3, -0.25) is 9.29 Å². The molecule has 1 aliphatic rings.